The molecule has 4 rings (SSSR count). The zero-order valence-corrected chi connectivity index (χ0v) is 20.8. The van der Waals surface area contributed by atoms with E-state index in [0.717, 1.165) is 81.0 Å². The minimum absolute atomic E-state index is 0.0315. The quantitative estimate of drug-likeness (QED) is 0.714. The Morgan fingerprint density at radius 1 is 1.06 bits per heavy atom. The number of hydrogen-bond acceptors (Lipinski definition) is 5. The van der Waals surface area contributed by atoms with Crippen LogP contribution in [0.15, 0.2) is 42.5 Å². The highest BCUT2D eigenvalue weighted by molar-refractivity contribution is 5.83. The normalized spacial score (nSPS) is 21.4. The molecule has 0 aromatic heterocycles. The van der Waals surface area contributed by atoms with Crippen molar-refractivity contribution in [3.63, 3.8) is 0 Å². The molecule has 2 aromatic carbocycles. The van der Waals surface area contributed by atoms with Gasteiger partial charge in [0.15, 0.2) is 0 Å². The number of rotatable bonds is 4. The summed E-state index contributed by atoms with van der Waals surface area (Å²) >= 11 is 0. The number of likely N-dealkylation sites (tertiary alicyclic amines) is 1. The van der Waals surface area contributed by atoms with E-state index in [1.54, 1.807) is 14.2 Å². The summed E-state index contributed by atoms with van der Waals surface area (Å²) in [7, 11) is 3.39. The summed E-state index contributed by atoms with van der Waals surface area (Å²) in [5, 5.41) is 3.27. The van der Waals surface area contributed by atoms with E-state index in [4.69, 9.17) is 14.2 Å². The molecule has 6 nitrogen and oxygen atoms in total. The fraction of sp³-hybridized carbons (Fsp3) is 0.536. The third-order valence-electron chi connectivity index (χ3n) is 7.37. The first-order chi connectivity index (χ1) is 16.5. The number of fused-ring (bicyclic) bond motifs is 1. The second-order valence-electron chi connectivity index (χ2n) is 9.73. The van der Waals surface area contributed by atoms with Crippen LogP contribution in [-0.2, 0) is 17.8 Å². The first-order valence-electron chi connectivity index (χ1n) is 12.5. The average Bonchev–Trinajstić information content (AvgIpc) is 2.86. The number of ether oxygens (including phenoxy) is 3. The lowest BCUT2D eigenvalue weighted by atomic mass is 9.73. The maximum Gasteiger partial charge on any atom is 0.226 e. The van der Waals surface area contributed by atoms with Crippen LogP contribution in [0.2, 0.25) is 0 Å². The Balaban J connectivity index is 1.43. The van der Waals surface area contributed by atoms with Crippen molar-refractivity contribution in [3.8, 4) is 17.2 Å². The first kappa shape index (κ1) is 24.4. The van der Waals surface area contributed by atoms with Gasteiger partial charge in [-0.05, 0) is 81.9 Å². The van der Waals surface area contributed by atoms with Gasteiger partial charge in [-0.3, -0.25) is 9.69 Å². The van der Waals surface area contributed by atoms with Crippen LogP contribution in [0.25, 0.3) is 0 Å². The molecule has 1 spiro atoms. The molecule has 0 radical (unpaired) electrons. The molecule has 0 bridgehead atoms. The third kappa shape index (κ3) is 5.66. The Bertz CT molecular complexity index is 969. The van der Waals surface area contributed by atoms with Crippen molar-refractivity contribution in [3.05, 3.63) is 53.6 Å². The van der Waals surface area contributed by atoms with Gasteiger partial charge in [0.1, 0.15) is 23.9 Å². The zero-order chi connectivity index (χ0) is 24.0. The van der Waals surface area contributed by atoms with E-state index in [1.807, 2.05) is 37.3 Å². The lowest BCUT2D eigenvalue weighted by Gasteiger charge is -2.41. The largest absolute Gasteiger partial charge is 0.497 e. The number of piperidine rings is 1. The smallest absolute Gasteiger partial charge is 0.226 e. The predicted octanol–water partition coefficient (Wildman–Crippen LogP) is 4.60. The van der Waals surface area contributed by atoms with Gasteiger partial charge in [-0.25, -0.2) is 0 Å². The summed E-state index contributed by atoms with van der Waals surface area (Å²) in [5.41, 5.74) is 2.07. The number of hydrogen-bond donors (Lipinski definition) is 1. The standard InChI is InChI=1S/C28H38N2O4/c1-21-20-34-26-10-5-4-8-22(26)9-6-7-13-28(27(31)29-21)14-16-30(17-15-28)19-23-18-24(32-2)11-12-25(23)33-3/h4-5,8,10-12,18,21H,6-7,9,13-17,19-20H2,1-3H3,(H,29,31)/t21-/m1/s1. The molecule has 1 N–H and O–H groups in total. The fourth-order valence-corrected chi connectivity index (χ4v) is 5.24. The fourth-order valence-electron chi connectivity index (χ4n) is 5.24. The predicted molar refractivity (Wildman–Crippen MR) is 134 cm³/mol. The summed E-state index contributed by atoms with van der Waals surface area (Å²) < 4.78 is 17.1. The van der Waals surface area contributed by atoms with Crippen LogP contribution in [-0.4, -0.2) is 50.8 Å². The molecule has 2 aromatic rings. The molecule has 0 aliphatic carbocycles. The molecular formula is C28H38N2O4. The SMILES string of the molecule is COc1ccc(OC)c(CN2CCC3(CCCCc4ccccc4OC[C@@H](C)NC3=O)CC2)c1. The number of carbonyl (C=O) groups excluding carboxylic acids is 1. The number of nitrogens with one attached hydrogen (secondary N) is 1. The minimum atomic E-state index is -0.304. The lowest BCUT2D eigenvalue weighted by Crippen LogP contribution is -2.51. The number of para-hydroxylation sites is 1. The molecule has 1 atom stereocenters. The van der Waals surface area contributed by atoms with Gasteiger partial charge in [0.25, 0.3) is 0 Å². The van der Waals surface area contributed by atoms with Crippen molar-refractivity contribution >= 4 is 5.91 Å². The first-order valence-corrected chi connectivity index (χ1v) is 12.5. The van der Waals surface area contributed by atoms with Gasteiger partial charge in [-0.1, -0.05) is 24.6 Å². The minimum Gasteiger partial charge on any atom is -0.497 e. The average molecular weight is 467 g/mol. The summed E-state index contributed by atoms with van der Waals surface area (Å²) in [5.74, 6) is 2.84. The number of nitrogens with zero attached hydrogens (tertiary/aromatic N) is 1. The molecule has 2 aliphatic heterocycles. The second kappa shape index (κ2) is 11.1. The molecule has 1 amide bonds. The van der Waals surface area contributed by atoms with Crippen molar-refractivity contribution in [1.82, 2.24) is 10.2 Å². The monoisotopic (exact) mass is 466 g/mol. The molecular weight excluding hydrogens is 428 g/mol. The number of methoxy groups -OCH3 is 2. The van der Waals surface area contributed by atoms with Crippen LogP contribution < -0.4 is 19.5 Å². The van der Waals surface area contributed by atoms with Crippen molar-refractivity contribution < 1.29 is 19.0 Å². The van der Waals surface area contributed by atoms with Crippen LogP contribution in [0.3, 0.4) is 0 Å². The van der Waals surface area contributed by atoms with Gasteiger partial charge >= 0.3 is 0 Å². The number of benzene rings is 2. The molecule has 0 saturated carbocycles. The van der Waals surface area contributed by atoms with E-state index in [9.17, 15) is 4.79 Å². The van der Waals surface area contributed by atoms with E-state index in [2.05, 4.69) is 22.3 Å². The Morgan fingerprint density at radius 2 is 1.85 bits per heavy atom. The van der Waals surface area contributed by atoms with Crippen LogP contribution in [0.1, 0.15) is 50.2 Å². The molecule has 2 aliphatic rings. The highest BCUT2D eigenvalue weighted by Gasteiger charge is 2.41. The van der Waals surface area contributed by atoms with E-state index in [1.165, 1.54) is 5.56 Å². The molecule has 34 heavy (non-hydrogen) atoms. The highest BCUT2D eigenvalue weighted by Crippen LogP contribution is 2.39. The number of amides is 1. The third-order valence-corrected chi connectivity index (χ3v) is 7.37. The Kier molecular flexibility index (Phi) is 7.99. The van der Waals surface area contributed by atoms with Crippen LogP contribution in [0.4, 0.5) is 0 Å². The molecule has 184 valence electrons. The summed E-state index contributed by atoms with van der Waals surface area (Å²) in [6.07, 6.45) is 5.77. The van der Waals surface area contributed by atoms with E-state index < -0.39 is 0 Å². The van der Waals surface area contributed by atoms with Gasteiger partial charge in [-0.15, -0.1) is 0 Å². The molecule has 6 heteroatoms. The Morgan fingerprint density at radius 3 is 2.62 bits per heavy atom. The van der Waals surface area contributed by atoms with Crippen molar-refractivity contribution in [2.75, 3.05) is 33.9 Å². The molecule has 0 unspecified atom stereocenters. The van der Waals surface area contributed by atoms with Gasteiger partial charge in [0.05, 0.1) is 25.7 Å². The van der Waals surface area contributed by atoms with Gasteiger partial charge in [-0.2, -0.15) is 0 Å². The maximum absolute atomic E-state index is 13.5. The summed E-state index contributed by atoms with van der Waals surface area (Å²) in [6, 6.07) is 14.2. The van der Waals surface area contributed by atoms with E-state index in [0.29, 0.717) is 6.61 Å². The Hall–Kier alpha value is -2.73. The molecule has 2 heterocycles. The lowest BCUT2D eigenvalue weighted by molar-refractivity contribution is -0.135. The summed E-state index contributed by atoms with van der Waals surface area (Å²) in [6.45, 7) is 5.09. The molecule has 1 saturated heterocycles. The van der Waals surface area contributed by atoms with Crippen molar-refractivity contribution in [2.24, 2.45) is 5.41 Å². The van der Waals surface area contributed by atoms with Crippen LogP contribution in [0.5, 0.6) is 17.2 Å². The highest BCUT2D eigenvalue weighted by atomic mass is 16.5. The van der Waals surface area contributed by atoms with Crippen LogP contribution >= 0.6 is 0 Å². The van der Waals surface area contributed by atoms with E-state index in [-0.39, 0.29) is 17.4 Å². The number of carbonyl (C=O) groups is 1. The maximum atomic E-state index is 13.5. The molecule has 1 fully saturated rings. The summed E-state index contributed by atoms with van der Waals surface area (Å²) in [4.78, 5) is 15.9. The van der Waals surface area contributed by atoms with Crippen LogP contribution in [0, 0.1) is 5.41 Å². The van der Waals surface area contributed by atoms with Gasteiger partial charge in [0, 0.05) is 12.1 Å². The van der Waals surface area contributed by atoms with Crippen molar-refractivity contribution in [2.45, 2.75) is 58.0 Å². The zero-order valence-electron chi connectivity index (χ0n) is 20.8. The van der Waals surface area contributed by atoms with Gasteiger partial charge in [0.2, 0.25) is 5.91 Å². The van der Waals surface area contributed by atoms with Crippen molar-refractivity contribution in [1.29, 1.82) is 0 Å². The van der Waals surface area contributed by atoms with Gasteiger partial charge < -0.3 is 19.5 Å². The van der Waals surface area contributed by atoms with E-state index >= 15 is 0 Å². The Labute approximate surface area is 203 Å². The number of aryl methyl sites for hydroxylation is 1. The second-order valence-corrected chi connectivity index (χ2v) is 9.73. The topological polar surface area (TPSA) is 60.0 Å².